The standard InChI is InChI=1S/C15H18N4O/c1-11-9-12(2)19(18-11)10-15(20)17-16-13(3)14-7-5-4-6-8-14/h4-9,16H,3,10H2,1-2H3,(H,17,20). The number of hydrogen-bond donors (Lipinski definition) is 2. The number of amides is 1. The lowest BCUT2D eigenvalue weighted by Gasteiger charge is -2.11. The molecule has 2 aromatic rings. The van der Waals surface area contributed by atoms with Gasteiger partial charge >= 0.3 is 0 Å². The summed E-state index contributed by atoms with van der Waals surface area (Å²) in [4.78, 5) is 11.8. The van der Waals surface area contributed by atoms with Crippen molar-refractivity contribution in [3.63, 3.8) is 0 Å². The largest absolute Gasteiger partial charge is 0.299 e. The average molecular weight is 270 g/mol. The van der Waals surface area contributed by atoms with E-state index in [1.54, 1.807) is 4.68 Å². The third kappa shape index (κ3) is 3.47. The molecule has 5 nitrogen and oxygen atoms in total. The predicted octanol–water partition coefficient (Wildman–Crippen LogP) is 1.79. The minimum Gasteiger partial charge on any atom is -0.299 e. The van der Waals surface area contributed by atoms with Crippen molar-refractivity contribution in [2.75, 3.05) is 0 Å². The highest BCUT2D eigenvalue weighted by Gasteiger charge is 2.07. The average Bonchev–Trinajstić information content (AvgIpc) is 2.75. The SMILES string of the molecule is C=C(NNC(=O)Cn1nc(C)cc1C)c1ccccc1. The number of benzene rings is 1. The van der Waals surface area contributed by atoms with Gasteiger partial charge in [-0.15, -0.1) is 0 Å². The molecule has 0 fully saturated rings. The van der Waals surface area contributed by atoms with Crippen LogP contribution in [0.4, 0.5) is 0 Å². The minimum atomic E-state index is -0.173. The fourth-order valence-corrected chi connectivity index (χ4v) is 1.87. The maximum atomic E-state index is 11.8. The number of nitrogens with one attached hydrogen (secondary N) is 2. The number of hydrazine groups is 1. The van der Waals surface area contributed by atoms with Crippen molar-refractivity contribution >= 4 is 11.6 Å². The molecule has 104 valence electrons. The molecule has 0 atom stereocenters. The zero-order valence-corrected chi connectivity index (χ0v) is 11.7. The number of nitrogens with zero attached hydrogens (tertiary/aromatic N) is 2. The summed E-state index contributed by atoms with van der Waals surface area (Å²) in [5.74, 6) is -0.173. The van der Waals surface area contributed by atoms with Crippen molar-refractivity contribution in [2.24, 2.45) is 0 Å². The molecule has 1 aromatic carbocycles. The van der Waals surface area contributed by atoms with E-state index in [0.29, 0.717) is 5.70 Å². The van der Waals surface area contributed by atoms with Gasteiger partial charge in [0, 0.05) is 5.69 Å². The molecule has 0 aliphatic carbocycles. The summed E-state index contributed by atoms with van der Waals surface area (Å²) in [5, 5.41) is 4.24. The Morgan fingerprint density at radius 2 is 1.95 bits per heavy atom. The van der Waals surface area contributed by atoms with Gasteiger partial charge in [0.2, 0.25) is 0 Å². The van der Waals surface area contributed by atoms with Crippen molar-refractivity contribution in [3.05, 3.63) is 59.9 Å². The van der Waals surface area contributed by atoms with Crippen LogP contribution in [0.25, 0.3) is 5.70 Å². The smallest absolute Gasteiger partial charge is 0.260 e. The summed E-state index contributed by atoms with van der Waals surface area (Å²) in [6.07, 6.45) is 0. The highest BCUT2D eigenvalue weighted by atomic mass is 16.2. The molecule has 1 aromatic heterocycles. The maximum absolute atomic E-state index is 11.8. The lowest BCUT2D eigenvalue weighted by Crippen LogP contribution is -2.38. The Labute approximate surface area is 118 Å². The van der Waals surface area contributed by atoms with Gasteiger partial charge in [0.25, 0.3) is 5.91 Å². The Morgan fingerprint density at radius 3 is 2.55 bits per heavy atom. The normalized spacial score (nSPS) is 10.1. The fraction of sp³-hybridized carbons (Fsp3) is 0.200. The molecule has 0 saturated heterocycles. The number of aromatic nitrogens is 2. The Kier molecular flexibility index (Phi) is 4.20. The van der Waals surface area contributed by atoms with E-state index in [-0.39, 0.29) is 12.5 Å². The Bertz CT molecular complexity index is 616. The van der Waals surface area contributed by atoms with E-state index < -0.39 is 0 Å². The molecule has 2 N–H and O–H groups in total. The van der Waals surface area contributed by atoms with Crippen LogP contribution in [0, 0.1) is 13.8 Å². The van der Waals surface area contributed by atoms with E-state index in [1.165, 1.54) is 0 Å². The van der Waals surface area contributed by atoms with Gasteiger partial charge in [0.05, 0.1) is 11.4 Å². The first-order valence-corrected chi connectivity index (χ1v) is 6.36. The van der Waals surface area contributed by atoms with Crippen LogP contribution >= 0.6 is 0 Å². The number of aryl methyl sites for hydroxylation is 2. The van der Waals surface area contributed by atoms with Gasteiger partial charge in [0.15, 0.2) is 0 Å². The van der Waals surface area contributed by atoms with Crippen molar-refractivity contribution in [1.82, 2.24) is 20.6 Å². The number of rotatable bonds is 5. The number of hydrogen-bond acceptors (Lipinski definition) is 3. The summed E-state index contributed by atoms with van der Waals surface area (Å²) >= 11 is 0. The van der Waals surface area contributed by atoms with Crippen molar-refractivity contribution in [1.29, 1.82) is 0 Å². The molecule has 0 spiro atoms. The second kappa shape index (κ2) is 6.06. The van der Waals surface area contributed by atoms with Crippen LogP contribution in [0.3, 0.4) is 0 Å². The molecule has 0 aliphatic rings. The zero-order valence-electron chi connectivity index (χ0n) is 11.7. The maximum Gasteiger partial charge on any atom is 0.260 e. The van der Waals surface area contributed by atoms with Gasteiger partial charge in [-0.1, -0.05) is 36.9 Å². The number of carbonyl (C=O) groups excluding carboxylic acids is 1. The molecule has 1 heterocycles. The van der Waals surface area contributed by atoms with E-state index in [4.69, 9.17) is 0 Å². The molecule has 0 radical (unpaired) electrons. The summed E-state index contributed by atoms with van der Waals surface area (Å²) in [5.41, 5.74) is 8.86. The van der Waals surface area contributed by atoms with E-state index in [1.807, 2.05) is 50.2 Å². The third-order valence-electron chi connectivity index (χ3n) is 2.87. The van der Waals surface area contributed by atoms with E-state index in [2.05, 4.69) is 22.5 Å². The van der Waals surface area contributed by atoms with Gasteiger partial charge in [-0.2, -0.15) is 5.10 Å². The molecule has 1 amide bonds. The first-order chi connectivity index (χ1) is 9.56. The summed E-state index contributed by atoms with van der Waals surface area (Å²) < 4.78 is 1.66. The van der Waals surface area contributed by atoms with Gasteiger partial charge in [-0.25, -0.2) is 0 Å². The van der Waals surface area contributed by atoms with Crippen LogP contribution in [0.5, 0.6) is 0 Å². The molecule has 0 unspecified atom stereocenters. The number of carbonyl (C=O) groups is 1. The highest BCUT2D eigenvalue weighted by molar-refractivity contribution is 5.76. The lowest BCUT2D eigenvalue weighted by atomic mass is 10.2. The zero-order chi connectivity index (χ0) is 14.5. The summed E-state index contributed by atoms with van der Waals surface area (Å²) in [6, 6.07) is 11.5. The Morgan fingerprint density at radius 1 is 1.25 bits per heavy atom. The van der Waals surface area contributed by atoms with E-state index >= 15 is 0 Å². The van der Waals surface area contributed by atoms with E-state index in [9.17, 15) is 4.79 Å². The Hall–Kier alpha value is -2.56. The monoisotopic (exact) mass is 270 g/mol. The van der Waals surface area contributed by atoms with Crippen LogP contribution in [0.1, 0.15) is 17.0 Å². The van der Waals surface area contributed by atoms with Gasteiger partial charge < -0.3 is 0 Å². The van der Waals surface area contributed by atoms with E-state index in [0.717, 1.165) is 17.0 Å². The van der Waals surface area contributed by atoms with Gasteiger partial charge in [0.1, 0.15) is 6.54 Å². The quantitative estimate of drug-likeness (QED) is 0.814. The fourth-order valence-electron chi connectivity index (χ4n) is 1.87. The molecule has 0 aliphatic heterocycles. The van der Waals surface area contributed by atoms with Gasteiger partial charge in [-0.05, 0) is 25.5 Å². The van der Waals surface area contributed by atoms with Crippen LogP contribution in [-0.2, 0) is 11.3 Å². The van der Waals surface area contributed by atoms with Crippen LogP contribution in [-0.4, -0.2) is 15.7 Å². The first kappa shape index (κ1) is 13.9. The van der Waals surface area contributed by atoms with Crippen molar-refractivity contribution in [3.8, 4) is 0 Å². The first-order valence-electron chi connectivity index (χ1n) is 6.36. The molecular weight excluding hydrogens is 252 g/mol. The van der Waals surface area contributed by atoms with Crippen molar-refractivity contribution in [2.45, 2.75) is 20.4 Å². The summed E-state index contributed by atoms with van der Waals surface area (Å²) in [6.45, 7) is 7.87. The molecular formula is C15H18N4O. The highest BCUT2D eigenvalue weighted by Crippen LogP contribution is 2.06. The predicted molar refractivity (Wildman–Crippen MR) is 78.5 cm³/mol. The molecule has 0 saturated carbocycles. The Balaban J connectivity index is 1.87. The van der Waals surface area contributed by atoms with Crippen molar-refractivity contribution < 1.29 is 4.79 Å². The molecule has 20 heavy (non-hydrogen) atoms. The second-order valence-electron chi connectivity index (χ2n) is 4.60. The third-order valence-corrected chi connectivity index (χ3v) is 2.87. The van der Waals surface area contributed by atoms with Crippen LogP contribution in [0.2, 0.25) is 0 Å². The summed E-state index contributed by atoms with van der Waals surface area (Å²) in [7, 11) is 0. The molecule has 0 bridgehead atoms. The van der Waals surface area contributed by atoms with Crippen LogP contribution in [0.15, 0.2) is 43.0 Å². The second-order valence-corrected chi connectivity index (χ2v) is 4.60. The minimum absolute atomic E-state index is 0.173. The molecule has 2 rings (SSSR count). The lowest BCUT2D eigenvalue weighted by molar-refractivity contribution is -0.122. The molecule has 5 heteroatoms. The topological polar surface area (TPSA) is 58.9 Å². The van der Waals surface area contributed by atoms with Crippen LogP contribution < -0.4 is 10.9 Å². The van der Waals surface area contributed by atoms with Gasteiger partial charge in [-0.3, -0.25) is 20.3 Å².